The summed E-state index contributed by atoms with van der Waals surface area (Å²) >= 11 is 0. The number of likely N-dealkylation sites (tertiary alicyclic amines) is 1. The predicted molar refractivity (Wildman–Crippen MR) is 115 cm³/mol. The minimum atomic E-state index is -4.63. The number of ether oxygens (including phenoxy) is 3. The second-order valence-corrected chi connectivity index (χ2v) is 10.5. The molecule has 0 spiro atoms. The van der Waals surface area contributed by atoms with Gasteiger partial charge in [-0.3, -0.25) is 4.90 Å². The zero-order valence-corrected chi connectivity index (χ0v) is 20.1. The monoisotopic (exact) mass is 501 g/mol. The third-order valence-corrected chi connectivity index (χ3v) is 6.48. The molecule has 33 heavy (non-hydrogen) atoms. The van der Waals surface area contributed by atoms with Crippen molar-refractivity contribution in [2.45, 2.75) is 44.4 Å². The molecule has 0 unspecified atom stereocenters. The molecule has 1 aliphatic heterocycles. The fourth-order valence-corrected chi connectivity index (χ4v) is 4.13. The van der Waals surface area contributed by atoms with Crippen LogP contribution in [0, 0.1) is 0 Å². The molecule has 10 nitrogen and oxygen atoms in total. The Kier molecular flexibility index (Phi) is 11.0. The van der Waals surface area contributed by atoms with Crippen LogP contribution >= 0.6 is 0 Å². The topological polar surface area (TPSA) is 108 Å². The number of halogens is 3. The summed E-state index contributed by atoms with van der Waals surface area (Å²) in [5.41, 5.74) is -1.16. The van der Waals surface area contributed by atoms with E-state index in [0.717, 1.165) is 17.5 Å². The molecule has 0 aliphatic carbocycles. The van der Waals surface area contributed by atoms with E-state index >= 15 is 0 Å². The van der Waals surface area contributed by atoms with Crippen molar-refractivity contribution >= 4 is 9.84 Å². The predicted octanol–water partition coefficient (Wildman–Crippen LogP) is 0.574. The van der Waals surface area contributed by atoms with Crippen LogP contribution in [0.25, 0.3) is 0 Å². The highest BCUT2D eigenvalue weighted by Crippen LogP contribution is 2.32. The number of hydrogen-bond acceptors (Lipinski definition) is 9. The van der Waals surface area contributed by atoms with E-state index < -0.39 is 27.0 Å². The Hall–Kier alpha value is -1.32. The van der Waals surface area contributed by atoms with Crippen molar-refractivity contribution < 1.29 is 35.8 Å². The molecule has 0 atom stereocenters. The fourth-order valence-electron chi connectivity index (χ4n) is 3.17. The number of alkyl halides is 3. The van der Waals surface area contributed by atoms with Gasteiger partial charge in [0.25, 0.3) is 0 Å². The van der Waals surface area contributed by atoms with Gasteiger partial charge in [0.05, 0.1) is 51.4 Å². The van der Waals surface area contributed by atoms with Gasteiger partial charge in [0.15, 0.2) is 15.5 Å². The summed E-state index contributed by atoms with van der Waals surface area (Å²) in [5, 5.41) is 9.98. The van der Waals surface area contributed by atoms with Gasteiger partial charge in [0.1, 0.15) is 5.69 Å². The molecule has 1 saturated heterocycles. The lowest BCUT2D eigenvalue weighted by molar-refractivity contribution is -0.145. The Labute approximate surface area is 192 Å². The lowest BCUT2D eigenvalue weighted by atomic mass is 10.2. The maximum absolute atomic E-state index is 13.6. The van der Waals surface area contributed by atoms with Gasteiger partial charge in [-0.25, -0.2) is 13.1 Å². The Bertz CT molecular complexity index is 813. The van der Waals surface area contributed by atoms with Crippen molar-refractivity contribution in [3.8, 4) is 0 Å². The number of aromatic nitrogens is 3. The molecule has 2 rings (SSSR count). The summed E-state index contributed by atoms with van der Waals surface area (Å²) in [5.74, 6) is 0. The van der Waals surface area contributed by atoms with Crippen LogP contribution in [0.15, 0.2) is 0 Å². The maximum atomic E-state index is 13.6. The van der Waals surface area contributed by atoms with Crippen LogP contribution in [-0.4, -0.2) is 105 Å². The molecule has 14 heteroatoms. The zero-order chi connectivity index (χ0) is 24.5. The number of hydrogen-bond donors (Lipinski definition) is 1. The van der Waals surface area contributed by atoms with Gasteiger partial charge >= 0.3 is 6.18 Å². The minimum Gasteiger partial charge on any atom is -0.378 e. The molecular formula is C19H34F3N5O5S. The molecular weight excluding hydrogens is 467 g/mol. The van der Waals surface area contributed by atoms with Crippen molar-refractivity contribution in [1.29, 1.82) is 0 Å². The van der Waals surface area contributed by atoms with Crippen LogP contribution in [0.2, 0.25) is 0 Å². The normalized spacial score (nSPS) is 16.0. The summed E-state index contributed by atoms with van der Waals surface area (Å²) in [6, 6.07) is 0.411. The average molecular weight is 502 g/mol. The first-order valence-corrected chi connectivity index (χ1v) is 12.8. The van der Waals surface area contributed by atoms with Crippen LogP contribution in [0.4, 0.5) is 13.2 Å². The van der Waals surface area contributed by atoms with Gasteiger partial charge in [0.2, 0.25) is 0 Å². The second kappa shape index (κ2) is 13.0. The third-order valence-electron chi connectivity index (χ3n) is 4.97. The SMILES string of the molecule is CC(C)NCCOCCOCCOCCn1nnc(CN2CC(S(C)(=O)=O)C2)c1C(F)(F)F. The van der Waals surface area contributed by atoms with E-state index in [2.05, 4.69) is 29.5 Å². The van der Waals surface area contributed by atoms with E-state index in [1.54, 1.807) is 4.90 Å². The second-order valence-electron chi connectivity index (χ2n) is 8.20. The number of nitrogens with zero attached hydrogens (tertiary/aromatic N) is 4. The van der Waals surface area contributed by atoms with Crippen LogP contribution in [0.3, 0.4) is 0 Å². The molecule has 2 heterocycles. The first-order valence-electron chi connectivity index (χ1n) is 10.9. The standard InChI is InChI=1S/C19H34F3N5O5S/c1-15(2)23-4-6-30-8-10-32-11-9-31-7-5-27-18(19(20,21)22)17(24-25-27)14-26-12-16(13-26)33(3,28)29/h15-16,23H,4-14H2,1-3H3. The van der Waals surface area contributed by atoms with Gasteiger partial charge < -0.3 is 19.5 Å². The molecule has 0 amide bonds. The van der Waals surface area contributed by atoms with Crippen molar-refractivity contribution in [1.82, 2.24) is 25.2 Å². The molecule has 192 valence electrons. The maximum Gasteiger partial charge on any atom is 0.434 e. The van der Waals surface area contributed by atoms with E-state index in [9.17, 15) is 21.6 Å². The number of sulfone groups is 1. The largest absolute Gasteiger partial charge is 0.434 e. The molecule has 1 aromatic rings. The van der Waals surface area contributed by atoms with Crippen molar-refractivity contribution in [3.63, 3.8) is 0 Å². The Morgan fingerprint density at radius 2 is 1.64 bits per heavy atom. The Morgan fingerprint density at radius 1 is 1.06 bits per heavy atom. The minimum absolute atomic E-state index is 0.0203. The van der Waals surface area contributed by atoms with Crippen LogP contribution in [0.1, 0.15) is 25.2 Å². The van der Waals surface area contributed by atoms with Crippen molar-refractivity contribution in [3.05, 3.63) is 11.4 Å². The molecule has 0 bridgehead atoms. The fraction of sp³-hybridized carbons (Fsp3) is 0.895. The first kappa shape index (κ1) is 27.9. The van der Waals surface area contributed by atoms with Gasteiger partial charge in [-0.05, 0) is 0 Å². The highest BCUT2D eigenvalue weighted by Gasteiger charge is 2.41. The highest BCUT2D eigenvalue weighted by molar-refractivity contribution is 7.91. The van der Waals surface area contributed by atoms with Crippen LogP contribution in [0.5, 0.6) is 0 Å². The number of nitrogens with one attached hydrogen (secondary N) is 1. The van der Waals surface area contributed by atoms with Gasteiger partial charge in [-0.2, -0.15) is 13.2 Å². The number of rotatable bonds is 16. The summed E-state index contributed by atoms with van der Waals surface area (Å²) in [6.45, 7) is 7.05. The molecule has 0 saturated carbocycles. The molecule has 1 aromatic heterocycles. The van der Waals surface area contributed by atoms with Crippen molar-refractivity contribution in [2.24, 2.45) is 0 Å². The van der Waals surface area contributed by atoms with E-state index in [1.165, 1.54) is 0 Å². The third kappa shape index (κ3) is 9.83. The quantitative estimate of drug-likeness (QED) is 0.325. The lowest BCUT2D eigenvalue weighted by Gasteiger charge is -2.37. The summed E-state index contributed by atoms with van der Waals surface area (Å²) in [7, 11) is -3.20. The van der Waals surface area contributed by atoms with E-state index in [-0.39, 0.29) is 45.1 Å². The van der Waals surface area contributed by atoms with Gasteiger partial charge in [-0.1, -0.05) is 19.1 Å². The Balaban J connectivity index is 1.65. The van der Waals surface area contributed by atoms with Crippen LogP contribution in [-0.2, 0) is 43.3 Å². The van der Waals surface area contributed by atoms with E-state index in [4.69, 9.17) is 14.2 Å². The lowest BCUT2D eigenvalue weighted by Crippen LogP contribution is -2.53. The molecule has 1 aliphatic rings. The molecule has 1 fully saturated rings. The molecule has 0 radical (unpaired) electrons. The van der Waals surface area contributed by atoms with Crippen molar-refractivity contribution in [2.75, 3.05) is 65.5 Å². The van der Waals surface area contributed by atoms with E-state index in [1.807, 2.05) is 0 Å². The Morgan fingerprint density at radius 3 is 2.18 bits per heavy atom. The van der Waals surface area contributed by atoms with E-state index in [0.29, 0.717) is 32.5 Å². The smallest absolute Gasteiger partial charge is 0.378 e. The summed E-state index contributed by atoms with van der Waals surface area (Å²) in [6.07, 6.45) is -3.51. The zero-order valence-electron chi connectivity index (χ0n) is 19.3. The molecule has 1 N–H and O–H groups in total. The van der Waals surface area contributed by atoms with Crippen LogP contribution < -0.4 is 5.32 Å². The highest BCUT2D eigenvalue weighted by atomic mass is 32.2. The summed E-state index contributed by atoms with van der Waals surface area (Å²) in [4.78, 5) is 1.60. The van der Waals surface area contributed by atoms with Gasteiger partial charge in [-0.15, -0.1) is 5.10 Å². The first-order chi connectivity index (χ1) is 15.5. The van der Waals surface area contributed by atoms with Gasteiger partial charge in [0, 0.05) is 38.5 Å². The molecule has 0 aromatic carbocycles. The summed E-state index contributed by atoms with van der Waals surface area (Å²) < 4.78 is 80.5. The average Bonchev–Trinajstić information content (AvgIpc) is 3.07.